The van der Waals surface area contributed by atoms with Gasteiger partial charge in [0.05, 0.1) is 29.5 Å². The average molecular weight is 331 g/mol. The zero-order valence-corrected chi connectivity index (χ0v) is 13.3. The highest BCUT2D eigenvalue weighted by atomic mass is 32.1. The number of ether oxygens (including phenoxy) is 1. The van der Waals surface area contributed by atoms with Gasteiger partial charge in [0.25, 0.3) is 5.91 Å². The van der Waals surface area contributed by atoms with Gasteiger partial charge in [0.1, 0.15) is 12.4 Å². The molecule has 0 saturated heterocycles. The summed E-state index contributed by atoms with van der Waals surface area (Å²) in [7, 11) is 0. The number of carbonyl (C=O) groups is 1. The molecule has 0 radical (unpaired) electrons. The van der Waals surface area contributed by atoms with Crippen LogP contribution in [0.5, 0.6) is 5.75 Å². The number of aromatic nitrogens is 1. The first kappa shape index (κ1) is 14.5. The Morgan fingerprint density at radius 2 is 2.35 bits per heavy atom. The van der Waals surface area contributed by atoms with Crippen LogP contribution in [-0.2, 0) is 6.54 Å². The van der Waals surface area contributed by atoms with Gasteiger partial charge < -0.3 is 9.64 Å². The van der Waals surface area contributed by atoms with E-state index in [0.29, 0.717) is 24.6 Å². The van der Waals surface area contributed by atoms with Crippen LogP contribution in [-0.4, -0.2) is 29.3 Å². The van der Waals surface area contributed by atoms with Crippen LogP contribution in [0.4, 0.5) is 5.69 Å². The average Bonchev–Trinajstić information content (AvgIpc) is 3.34. The lowest BCUT2D eigenvalue weighted by Gasteiger charge is -2.31. The molecule has 4 rings (SSSR count). The van der Waals surface area contributed by atoms with Gasteiger partial charge in [0.2, 0.25) is 0 Å². The third-order valence-corrected chi connectivity index (χ3v) is 5.19. The molecule has 1 aromatic carbocycles. The van der Waals surface area contributed by atoms with Crippen LogP contribution >= 0.6 is 11.3 Å². The summed E-state index contributed by atoms with van der Waals surface area (Å²) in [5.74, 6) is 0.900. The summed E-state index contributed by atoms with van der Waals surface area (Å²) in [4.78, 5) is 18.5. The molecular formula is C16H17N3O3S. The van der Waals surface area contributed by atoms with Crippen LogP contribution in [0, 0.1) is 0 Å². The second-order valence-corrected chi connectivity index (χ2v) is 6.73. The number of benzene rings is 1. The molecule has 1 saturated carbocycles. The predicted molar refractivity (Wildman–Crippen MR) is 86.3 cm³/mol. The van der Waals surface area contributed by atoms with Gasteiger partial charge >= 0.3 is 0 Å². The zero-order valence-electron chi connectivity index (χ0n) is 12.5. The quantitative estimate of drug-likeness (QED) is 0.665. The fourth-order valence-electron chi connectivity index (χ4n) is 2.75. The minimum Gasteiger partial charge on any atom is -0.490 e. The van der Waals surface area contributed by atoms with E-state index < -0.39 is 5.91 Å². The maximum absolute atomic E-state index is 11.6. The number of nitrogens with one attached hydrogen (secondary N) is 1. The third kappa shape index (κ3) is 2.89. The summed E-state index contributed by atoms with van der Waals surface area (Å²) in [6, 6.07) is 5.15. The van der Waals surface area contributed by atoms with E-state index >= 15 is 0 Å². The maximum atomic E-state index is 11.6. The summed E-state index contributed by atoms with van der Waals surface area (Å²) >= 11 is 1.74. The molecule has 6 nitrogen and oxygen atoms in total. The minimum atomic E-state index is -0.525. The van der Waals surface area contributed by atoms with E-state index in [1.165, 1.54) is 17.8 Å². The molecule has 0 bridgehead atoms. The molecule has 7 heteroatoms. The van der Waals surface area contributed by atoms with Crippen LogP contribution in [0.1, 0.15) is 39.8 Å². The van der Waals surface area contributed by atoms with Gasteiger partial charge in [-0.1, -0.05) is 0 Å². The Morgan fingerprint density at radius 3 is 3.13 bits per heavy atom. The van der Waals surface area contributed by atoms with E-state index in [0.717, 1.165) is 23.7 Å². The second-order valence-electron chi connectivity index (χ2n) is 5.84. The van der Waals surface area contributed by atoms with Gasteiger partial charge in [-0.3, -0.25) is 10.0 Å². The highest BCUT2D eigenvalue weighted by molar-refractivity contribution is 7.09. The van der Waals surface area contributed by atoms with Gasteiger partial charge in [0.15, 0.2) is 0 Å². The Morgan fingerprint density at radius 1 is 1.48 bits per heavy atom. The summed E-state index contributed by atoms with van der Waals surface area (Å²) in [6.07, 6.45) is 2.51. The summed E-state index contributed by atoms with van der Waals surface area (Å²) < 4.78 is 5.66. The van der Waals surface area contributed by atoms with Crippen molar-refractivity contribution in [1.29, 1.82) is 0 Å². The number of hydroxylamine groups is 1. The van der Waals surface area contributed by atoms with Crippen LogP contribution in [0.15, 0.2) is 23.6 Å². The number of rotatable bonds is 4. The monoisotopic (exact) mass is 331 g/mol. The second kappa shape index (κ2) is 5.82. The number of anilines is 1. The summed E-state index contributed by atoms with van der Waals surface area (Å²) in [5, 5.41) is 12.2. The van der Waals surface area contributed by atoms with Crippen molar-refractivity contribution in [3.8, 4) is 5.75 Å². The normalized spacial score (nSPS) is 16.7. The van der Waals surface area contributed by atoms with Crippen molar-refractivity contribution >= 4 is 22.9 Å². The first-order valence-electron chi connectivity index (χ1n) is 7.65. The Hall–Kier alpha value is -2.12. The van der Waals surface area contributed by atoms with E-state index in [2.05, 4.69) is 10.3 Å². The fourth-order valence-corrected chi connectivity index (χ4v) is 3.73. The highest BCUT2D eigenvalue weighted by Gasteiger charge is 2.27. The van der Waals surface area contributed by atoms with Gasteiger partial charge in [0, 0.05) is 16.9 Å². The molecule has 0 spiro atoms. The molecule has 1 amide bonds. The predicted octanol–water partition coefficient (Wildman–Crippen LogP) is 2.54. The lowest BCUT2D eigenvalue weighted by Crippen LogP contribution is -2.32. The highest BCUT2D eigenvalue weighted by Crippen LogP contribution is 2.41. The molecule has 0 unspecified atom stereocenters. The Balaban J connectivity index is 1.58. The van der Waals surface area contributed by atoms with E-state index in [-0.39, 0.29) is 0 Å². The molecule has 1 aromatic heterocycles. The largest absolute Gasteiger partial charge is 0.490 e. The summed E-state index contributed by atoms with van der Waals surface area (Å²) in [5.41, 5.74) is 3.98. The standard InChI is InChI=1S/C16H17N3O3S/c20-15(18-21)11-3-4-14-13(7-11)19(5-6-22-14)8-12-9-23-16(17-12)10-1-2-10/h3-4,7,9-10,21H,1-2,5-6,8H2,(H,18,20). The molecule has 2 heterocycles. The van der Waals surface area contributed by atoms with Crippen LogP contribution in [0.25, 0.3) is 0 Å². The molecule has 120 valence electrons. The molecule has 2 N–H and O–H groups in total. The van der Waals surface area contributed by atoms with E-state index in [1.807, 2.05) is 0 Å². The first-order valence-corrected chi connectivity index (χ1v) is 8.53. The van der Waals surface area contributed by atoms with Crippen LogP contribution in [0.3, 0.4) is 0 Å². The number of nitrogens with zero attached hydrogens (tertiary/aromatic N) is 2. The van der Waals surface area contributed by atoms with Crippen molar-refractivity contribution in [3.05, 3.63) is 39.8 Å². The minimum absolute atomic E-state index is 0.402. The number of hydrogen-bond acceptors (Lipinski definition) is 6. The van der Waals surface area contributed by atoms with E-state index in [9.17, 15) is 4.79 Å². The molecule has 0 atom stereocenters. The molecule has 2 aromatic rings. The number of fused-ring (bicyclic) bond motifs is 1. The molecule has 1 aliphatic heterocycles. The Labute approximate surface area is 137 Å². The molecule has 1 fully saturated rings. The van der Waals surface area contributed by atoms with Crippen molar-refractivity contribution in [2.24, 2.45) is 0 Å². The van der Waals surface area contributed by atoms with E-state index in [4.69, 9.17) is 14.9 Å². The summed E-state index contributed by atoms with van der Waals surface area (Å²) in [6.45, 7) is 2.05. The third-order valence-electron chi connectivity index (χ3n) is 4.13. The van der Waals surface area contributed by atoms with Crippen LogP contribution in [0.2, 0.25) is 0 Å². The van der Waals surface area contributed by atoms with Crippen LogP contribution < -0.4 is 15.1 Å². The number of hydrogen-bond donors (Lipinski definition) is 2. The Bertz CT molecular complexity index is 742. The fraction of sp³-hybridized carbons (Fsp3) is 0.375. The van der Waals surface area contributed by atoms with Crippen molar-refractivity contribution in [2.45, 2.75) is 25.3 Å². The Kier molecular flexibility index (Phi) is 3.66. The van der Waals surface area contributed by atoms with Gasteiger partial charge in [-0.15, -0.1) is 11.3 Å². The SMILES string of the molecule is O=C(NO)c1ccc2c(c1)N(Cc1csc(C3CC3)n1)CCO2. The number of carbonyl (C=O) groups excluding carboxylic acids is 1. The van der Waals surface area contributed by atoms with Crippen molar-refractivity contribution < 1.29 is 14.7 Å². The number of thiazole rings is 1. The van der Waals surface area contributed by atoms with Gasteiger partial charge in [-0.05, 0) is 31.0 Å². The zero-order chi connectivity index (χ0) is 15.8. The topological polar surface area (TPSA) is 74.7 Å². The maximum Gasteiger partial charge on any atom is 0.274 e. The lowest BCUT2D eigenvalue weighted by molar-refractivity contribution is 0.0706. The van der Waals surface area contributed by atoms with Crippen molar-refractivity contribution in [1.82, 2.24) is 10.5 Å². The van der Waals surface area contributed by atoms with Gasteiger partial charge in [-0.2, -0.15) is 0 Å². The molecule has 1 aliphatic carbocycles. The van der Waals surface area contributed by atoms with E-state index in [1.54, 1.807) is 35.0 Å². The smallest absolute Gasteiger partial charge is 0.274 e. The van der Waals surface area contributed by atoms with Crippen molar-refractivity contribution in [3.63, 3.8) is 0 Å². The van der Waals surface area contributed by atoms with Gasteiger partial charge in [-0.25, -0.2) is 10.5 Å². The first-order chi connectivity index (χ1) is 11.2. The molecule has 2 aliphatic rings. The molecular weight excluding hydrogens is 314 g/mol. The lowest BCUT2D eigenvalue weighted by atomic mass is 10.1. The number of amides is 1. The molecule has 23 heavy (non-hydrogen) atoms. The van der Waals surface area contributed by atoms with Crippen molar-refractivity contribution in [2.75, 3.05) is 18.1 Å².